The van der Waals surface area contributed by atoms with E-state index >= 15 is 0 Å². The van der Waals surface area contributed by atoms with E-state index in [9.17, 15) is 0 Å². The SMILES string of the molecule is c1ccc(-c2nc(-c3ccc(-c4nc5ccccc5c5cc6c(cc45)-c4ccccc4C64c5ccccc5Sc5ccccc54)cc3)nc(-c3cccc4oc5ccccc5c34)n2)cc1. The fourth-order valence-corrected chi connectivity index (χ4v) is 11.8. The minimum absolute atomic E-state index is 0.469. The van der Waals surface area contributed by atoms with Gasteiger partial charge >= 0.3 is 0 Å². The van der Waals surface area contributed by atoms with Crippen LogP contribution >= 0.6 is 11.8 Å². The first kappa shape index (κ1) is 36.3. The Morgan fingerprint density at radius 2 is 0.938 bits per heavy atom. The highest BCUT2D eigenvalue weighted by Gasteiger charge is 2.50. The molecular formula is C59H34N4OS. The van der Waals surface area contributed by atoms with Gasteiger partial charge in [0, 0.05) is 53.6 Å². The maximum Gasteiger partial charge on any atom is 0.164 e. The highest BCUT2D eigenvalue weighted by atomic mass is 32.2. The first-order valence-electron chi connectivity index (χ1n) is 21.9. The molecule has 1 spiro atoms. The van der Waals surface area contributed by atoms with Crippen LogP contribution in [0.25, 0.3) is 100 Å². The molecule has 9 aromatic carbocycles. The summed E-state index contributed by atoms with van der Waals surface area (Å²) >= 11 is 1.87. The van der Waals surface area contributed by atoms with Crippen LogP contribution in [0.15, 0.2) is 220 Å². The van der Waals surface area contributed by atoms with Gasteiger partial charge in [0.1, 0.15) is 11.2 Å². The summed E-state index contributed by atoms with van der Waals surface area (Å²) in [5, 5.41) is 5.44. The fourth-order valence-electron chi connectivity index (χ4n) is 10.6. The van der Waals surface area contributed by atoms with E-state index in [2.05, 4.69) is 146 Å². The average Bonchev–Trinajstić information content (AvgIpc) is 3.89. The fraction of sp³-hybridized carbons (Fsp3) is 0.0169. The molecule has 0 radical (unpaired) electrons. The number of aromatic nitrogens is 4. The van der Waals surface area contributed by atoms with Crippen LogP contribution in [0.4, 0.5) is 0 Å². The van der Waals surface area contributed by atoms with Crippen LogP contribution in [-0.4, -0.2) is 19.9 Å². The second kappa shape index (κ2) is 13.9. The van der Waals surface area contributed by atoms with E-state index in [1.165, 1.54) is 48.6 Å². The second-order valence-electron chi connectivity index (χ2n) is 16.8. The molecule has 6 heteroatoms. The Hall–Kier alpha value is -8.19. The first-order chi connectivity index (χ1) is 32.2. The molecule has 0 saturated heterocycles. The summed E-state index contributed by atoms with van der Waals surface area (Å²) in [6.07, 6.45) is 0. The standard InChI is InChI=1S/C59H34N4OS/c1-2-15-36(16-3-1)56-61-57(63-58(62-56)41-20-14-26-51-54(41)40-19-6-11-25-50(40)64-51)37-31-29-35(30-32-37)55-44-33-43-38-17-4-7-21-45(38)59(48(43)34-42(44)39-18-5-10-24-49(39)60-55)46-22-8-12-27-52(46)65-53-28-13-9-23-47(53)59/h1-34H. The number of rotatable bonds is 4. The smallest absolute Gasteiger partial charge is 0.164 e. The molecule has 0 unspecified atom stereocenters. The molecule has 5 nitrogen and oxygen atoms in total. The van der Waals surface area contributed by atoms with E-state index in [1.54, 1.807) is 0 Å². The molecule has 14 rings (SSSR count). The van der Waals surface area contributed by atoms with E-state index in [0.717, 1.165) is 66.2 Å². The van der Waals surface area contributed by atoms with Crippen molar-refractivity contribution in [2.75, 3.05) is 0 Å². The second-order valence-corrected chi connectivity index (χ2v) is 17.9. The summed E-state index contributed by atoms with van der Waals surface area (Å²) in [5.41, 5.74) is 14.5. The number of benzene rings is 9. The molecule has 0 saturated carbocycles. The van der Waals surface area contributed by atoms with Crippen LogP contribution in [0, 0.1) is 0 Å². The van der Waals surface area contributed by atoms with Gasteiger partial charge in [0.25, 0.3) is 0 Å². The first-order valence-corrected chi connectivity index (χ1v) is 22.7. The lowest BCUT2D eigenvalue weighted by Crippen LogP contribution is -2.31. The van der Waals surface area contributed by atoms with E-state index in [1.807, 2.05) is 72.4 Å². The number of para-hydroxylation sites is 2. The minimum Gasteiger partial charge on any atom is -0.456 e. The van der Waals surface area contributed by atoms with Gasteiger partial charge in [0.05, 0.1) is 16.6 Å². The molecule has 0 N–H and O–H groups in total. The van der Waals surface area contributed by atoms with Crippen molar-refractivity contribution in [1.29, 1.82) is 0 Å². The molecule has 2 aliphatic rings. The maximum atomic E-state index is 6.28. The molecule has 3 aromatic heterocycles. The van der Waals surface area contributed by atoms with Crippen LogP contribution < -0.4 is 0 Å². The van der Waals surface area contributed by atoms with Gasteiger partial charge in [-0.05, 0) is 81.2 Å². The van der Waals surface area contributed by atoms with Gasteiger partial charge < -0.3 is 4.42 Å². The van der Waals surface area contributed by atoms with Crippen molar-refractivity contribution in [3.05, 3.63) is 229 Å². The number of hydrogen-bond acceptors (Lipinski definition) is 6. The minimum atomic E-state index is -0.469. The third-order valence-electron chi connectivity index (χ3n) is 13.4. The number of nitrogens with zero attached hydrogens (tertiary/aromatic N) is 4. The summed E-state index contributed by atoms with van der Waals surface area (Å²) in [4.78, 5) is 23.4. The summed E-state index contributed by atoms with van der Waals surface area (Å²) < 4.78 is 6.28. The van der Waals surface area contributed by atoms with Gasteiger partial charge in [0.15, 0.2) is 17.5 Å². The summed E-state index contributed by atoms with van der Waals surface area (Å²) in [6.45, 7) is 0. The number of fused-ring (bicyclic) bond motifs is 15. The van der Waals surface area contributed by atoms with Crippen molar-refractivity contribution >= 4 is 55.4 Å². The number of hydrogen-bond donors (Lipinski definition) is 0. The lowest BCUT2D eigenvalue weighted by atomic mass is 9.67. The predicted octanol–water partition coefficient (Wildman–Crippen LogP) is 15.0. The molecule has 302 valence electrons. The van der Waals surface area contributed by atoms with Crippen molar-refractivity contribution < 1.29 is 4.42 Å². The Kier molecular flexibility index (Phi) is 7.77. The van der Waals surface area contributed by atoms with Crippen LogP contribution in [0.2, 0.25) is 0 Å². The van der Waals surface area contributed by atoms with Gasteiger partial charge in [-0.1, -0.05) is 176 Å². The van der Waals surface area contributed by atoms with Gasteiger partial charge in [-0.25, -0.2) is 19.9 Å². The maximum absolute atomic E-state index is 6.28. The third-order valence-corrected chi connectivity index (χ3v) is 14.5. The van der Waals surface area contributed by atoms with Crippen molar-refractivity contribution in [3.8, 4) is 56.5 Å². The summed E-state index contributed by atoms with van der Waals surface area (Å²) in [7, 11) is 0. The third kappa shape index (κ3) is 5.29. The molecule has 1 aliphatic carbocycles. The van der Waals surface area contributed by atoms with Crippen LogP contribution in [-0.2, 0) is 5.41 Å². The molecular weight excluding hydrogens is 813 g/mol. The molecule has 4 heterocycles. The summed E-state index contributed by atoms with van der Waals surface area (Å²) in [5.74, 6) is 1.79. The molecule has 0 fully saturated rings. The molecule has 65 heavy (non-hydrogen) atoms. The Balaban J connectivity index is 0.964. The Morgan fingerprint density at radius 1 is 0.354 bits per heavy atom. The van der Waals surface area contributed by atoms with Crippen molar-refractivity contribution in [2.24, 2.45) is 0 Å². The highest BCUT2D eigenvalue weighted by Crippen LogP contribution is 2.63. The molecule has 0 amide bonds. The molecule has 1 aliphatic heterocycles. The Labute approximate surface area is 378 Å². The zero-order valence-electron chi connectivity index (χ0n) is 34.7. The molecule has 12 aromatic rings. The average molecular weight is 847 g/mol. The van der Waals surface area contributed by atoms with Gasteiger partial charge in [-0.2, -0.15) is 0 Å². The van der Waals surface area contributed by atoms with Crippen molar-refractivity contribution in [3.63, 3.8) is 0 Å². The highest BCUT2D eigenvalue weighted by molar-refractivity contribution is 7.99. The van der Waals surface area contributed by atoms with Gasteiger partial charge in [-0.15, -0.1) is 0 Å². The van der Waals surface area contributed by atoms with E-state index in [4.69, 9.17) is 24.4 Å². The van der Waals surface area contributed by atoms with Crippen LogP contribution in [0.5, 0.6) is 0 Å². The van der Waals surface area contributed by atoms with Crippen LogP contribution in [0.3, 0.4) is 0 Å². The van der Waals surface area contributed by atoms with Gasteiger partial charge in [-0.3, -0.25) is 0 Å². The van der Waals surface area contributed by atoms with Crippen LogP contribution in [0.1, 0.15) is 22.3 Å². The van der Waals surface area contributed by atoms with E-state index < -0.39 is 5.41 Å². The largest absolute Gasteiger partial charge is 0.456 e. The molecule has 0 atom stereocenters. The van der Waals surface area contributed by atoms with E-state index in [0.29, 0.717) is 17.5 Å². The number of furan rings is 1. The number of pyridine rings is 1. The Morgan fingerprint density at radius 3 is 1.72 bits per heavy atom. The lowest BCUT2D eigenvalue weighted by Gasteiger charge is -2.39. The lowest BCUT2D eigenvalue weighted by molar-refractivity contribution is 0.669. The normalized spacial score (nSPS) is 13.3. The quantitative estimate of drug-likeness (QED) is 0.164. The summed E-state index contributed by atoms with van der Waals surface area (Å²) in [6, 6.07) is 73.3. The zero-order valence-corrected chi connectivity index (χ0v) is 35.6. The Bertz CT molecular complexity index is 3890. The molecule has 0 bridgehead atoms. The van der Waals surface area contributed by atoms with Crippen molar-refractivity contribution in [1.82, 2.24) is 19.9 Å². The van der Waals surface area contributed by atoms with Gasteiger partial charge in [0.2, 0.25) is 0 Å². The predicted molar refractivity (Wildman–Crippen MR) is 263 cm³/mol. The van der Waals surface area contributed by atoms with Crippen molar-refractivity contribution in [2.45, 2.75) is 15.2 Å². The van der Waals surface area contributed by atoms with E-state index in [-0.39, 0.29) is 0 Å². The monoisotopic (exact) mass is 846 g/mol. The topological polar surface area (TPSA) is 64.7 Å². The zero-order chi connectivity index (χ0) is 42.6.